The molecule has 0 saturated carbocycles. The van der Waals surface area contributed by atoms with E-state index >= 15 is 0 Å². The van der Waals surface area contributed by atoms with Crippen LogP contribution in [-0.4, -0.2) is 25.1 Å². The minimum Gasteiger partial charge on any atom is -0.354 e. The fraction of sp³-hybridized carbons (Fsp3) is 0.643. The molecule has 3 nitrogen and oxygen atoms in total. The van der Waals surface area contributed by atoms with Crippen LogP contribution in [0.15, 0.2) is 12.3 Å². The van der Waals surface area contributed by atoms with Crippen LogP contribution in [0.5, 0.6) is 0 Å². The van der Waals surface area contributed by atoms with Crippen molar-refractivity contribution >= 4 is 5.82 Å². The van der Waals surface area contributed by atoms with Gasteiger partial charge in [0.25, 0.3) is 0 Å². The molecule has 1 aliphatic rings. The van der Waals surface area contributed by atoms with Crippen LogP contribution in [0.1, 0.15) is 32.3 Å². The Morgan fingerprint density at radius 3 is 2.94 bits per heavy atom. The SMILES string of the molecule is CNCc1ccnc(N2CCCC(C)(C)C2)c1F. The molecule has 2 rings (SSSR count). The predicted molar refractivity (Wildman–Crippen MR) is 72.2 cm³/mol. The number of aromatic nitrogens is 1. The largest absolute Gasteiger partial charge is 0.354 e. The van der Waals surface area contributed by atoms with Gasteiger partial charge in [0, 0.05) is 31.4 Å². The lowest BCUT2D eigenvalue weighted by Crippen LogP contribution is -2.41. The maximum absolute atomic E-state index is 14.4. The molecule has 0 atom stereocenters. The molecule has 1 saturated heterocycles. The lowest BCUT2D eigenvalue weighted by Gasteiger charge is -2.38. The van der Waals surface area contributed by atoms with E-state index < -0.39 is 0 Å². The van der Waals surface area contributed by atoms with E-state index in [1.807, 2.05) is 7.05 Å². The van der Waals surface area contributed by atoms with E-state index in [2.05, 4.69) is 29.0 Å². The molecule has 0 bridgehead atoms. The molecule has 0 unspecified atom stereocenters. The summed E-state index contributed by atoms with van der Waals surface area (Å²) < 4.78 is 14.4. The Bertz CT molecular complexity index is 418. The van der Waals surface area contributed by atoms with Crippen LogP contribution >= 0.6 is 0 Å². The molecule has 18 heavy (non-hydrogen) atoms. The first-order valence-electron chi connectivity index (χ1n) is 6.56. The van der Waals surface area contributed by atoms with Gasteiger partial charge >= 0.3 is 0 Å². The van der Waals surface area contributed by atoms with E-state index in [0.29, 0.717) is 17.9 Å². The Morgan fingerprint density at radius 2 is 2.28 bits per heavy atom. The molecule has 0 radical (unpaired) electrons. The van der Waals surface area contributed by atoms with Gasteiger partial charge in [0.15, 0.2) is 11.6 Å². The maximum atomic E-state index is 14.4. The van der Waals surface area contributed by atoms with Gasteiger partial charge in [-0.3, -0.25) is 0 Å². The summed E-state index contributed by atoms with van der Waals surface area (Å²) in [7, 11) is 1.82. The fourth-order valence-corrected chi connectivity index (χ4v) is 2.62. The number of nitrogens with one attached hydrogen (secondary N) is 1. The molecule has 0 aromatic carbocycles. The first-order chi connectivity index (χ1) is 8.53. The summed E-state index contributed by atoms with van der Waals surface area (Å²) in [6.45, 7) is 6.78. The fourth-order valence-electron chi connectivity index (χ4n) is 2.62. The van der Waals surface area contributed by atoms with Crippen molar-refractivity contribution in [1.29, 1.82) is 0 Å². The van der Waals surface area contributed by atoms with E-state index in [-0.39, 0.29) is 11.2 Å². The van der Waals surface area contributed by atoms with Crippen LogP contribution in [0.2, 0.25) is 0 Å². The summed E-state index contributed by atoms with van der Waals surface area (Å²) >= 11 is 0. The van der Waals surface area contributed by atoms with Crippen LogP contribution in [-0.2, 0) is 6.54 Å². The van der Waals surface area contributed by atoms with Crippen molar-refractivity contribution in [1.82, 2.24) is 10.3 Å². The Hall–Kier alpha value is -1.16. The lowest BCUT2D eigenvalue weighted by molar-refractivity contribution is 0.290. The van der Waals surface area contributed by atoms with Crippen molar-refractivity contribution in [2.45, 2.75) is 33.2 Å². The Kier molecular flexibility index (Phi) is 3.85. The van der Waals surface area contributed by atoms with Gasteiger partial charge in [-0.1, -0.05) is 13.8 Å². The number of pyridine rings is 1. The molecular weight excluding hydrogens is 229 g/mol. The normalized spacial score (nSPS) is 19.0. The van der Waals surface area contributed by atoms with Gasteiger partial charge in [0.1, 0.15) is 0 Å². The summed E-state index contributed by atoms with van der Waals surface area (Å²) in [4.78, 5) is 6.31. The van der Waals surface area contributed by atoms with E-state index in [1.54, 1.807) is 12.3 Å². The molecule has 1 aromatic rings. The smallest absolute Gasteiger partial charge is 0.170 e. The van der Waals surface area contributed by atoms with Crippen LogP contribution < -0.4 is 10.2 Å². The highest BCUT2D eigenvalue weighted by Crippen LogP contribution is 2.32. The quantitative estimate of drug-likeness (QED) is 0.895. The number of rotatable bonds is 3. The molecule has 2 heterocycles. The van der Waals surface area contributed by atoms with Crippen molar-refractivity contribution in [3.05, 3.63) is 23.6 Å². The summed E-state index contributed by atoms with van der Waals surface area (Å²) in [5.41, 5.74) is 0.927. The van der Waals surface area contributed by atoms with Crippen molar-refractivity contribution in [2.24, 2.45) is 5.41 Å². The molecule has 100 valence electrons. The topological polar surface area (TPSA) is 28.2 Å². The average molecular weight is 251 g/mol. The number of nitrogens with zero attached hydrogens (tertiary/aromatic N) is 2. The first kappa shape index (κ1) is 13.3. The zero-order valence-electron chi connectivity index (χ0n) is 11.5. The van der Waals surface area contributed by atoms with E-state index in [4.69, 9.17) is 0 Å². The molecule has 1 aromatic heterocycles. The average Bonchev–Trinajstić information content (AvgIpc) is 2.31. The van der Waals surface area contributed by atoms with Gasteiger partial charge in [-0.15, -0.1) is 0 Å². The zero-order chi connectivity index (χ0) is 13.2. The minimum atomic E-state index is -0.176. The molecule has 1 aliphatic heterocycles. The molecule has 1 fully saturated rings. The third-order valence-electron chi connectivity index (χ3n) is 3.52. The third kappa shape index (κ3) is 2.80. The Labute approximate surface area is 108 Å². The Morgan fingerprint density at radius 1 is 1.50 bits per heavy atom. The molecule has 0 amide bonds. The van der Waals surface area contributed by atoms with E-state index in [0.717, 1.165) is 19.5 Å². The van der Waals surface area contributed by atoms with Crippen LogP contribution in [0.25, 0.3) is 0 Å². The van der Waals surface area contributed by atoms with Gasteiger partial charge in [0.2, 0.25) is 0 Å². The van der Waals surface area contributed by atoms with Gasteiger partial charge in [-0.05, 0) is 31.4 Å². The predicted octanol–water partition coefficient (Wildman–Crippen LogP) is 2.57. The second-order valence-electron chi connectivity index (χ2n) is 5.83. The molecule has 1 N–H and O–H groups in total. The van der Waals surface area contributed by atoms with Crippen LogP contribution in [0, 0.1) is 11.2 Å². The van der Waals surface area contributed by atoms with Gasteiger partial charge < -0.3 is 10.2 Å². The number of piperidine rings is 1. The summed E-state index contributed by atoms with van der Waals surface area (Å²) in [5.74, 6) is 0.333. The number of hydrogen-bond donors (Lipinski definition) is 1. The summed E-state index contributed by atoms with van der Waals surface area (Å²) in [6.07, 6.45) is 4.00. The Balaban J connectivity index is 2.25. The molecule has 0 spiro atoms. The van der Waals surface area contributed by atoms with Crippen molar-refractivity contribution < 1.29 is 4.39 Å². The van der Waals surface area contributed by atoms with Crippen molar-refractivity contribution in [3.63, 3.8) is 0 Å². The van der Waals surface area contributed by atoms with Crippen LogP contribution in [0.3, 0.4) is 0 Å². The number of hydrogen-bond acceptors (Lipinski definition) is 3. The lowest BCUT2D eigenvalue weighted by atomic mass is 9.84. The maximum Gasteiger partial charge on any atom is 0.170 e. The molecular formula is C14H22FN3. The number of halogens is 1. The second-order valence-corrected chi connectivity index (χ2v) is 5.83. The second kappa shape index (κ2) is 5.22. The van der Waals surface area contributed by atoms with E-state index in [9.17, 15) is 4.39 Å². The zero-order valence-corrected chi connectivity index (χ0v) is 11.5. The highest BCUT2D eigenvalue weighted by Gasteiger charge is 2.28. The van der Waals surface area contributed by atoms with Crippen LogP contribution in [0.4, 0.5) is 10.2 Å². The van der Waals surface area contributed by atoms with Crippen molar-refractivity contribution in [3.8, 4) is 0 Å². The first-order valence-corrected chi connectivity index (χ1v) is 6.56. The van der Waals surface area contributed by atoms with Gasteiger partial charge in [-0.25, -0.2) is 9.37 Å². The van der Waals surface area contributed by atoms with Gasteiger partial charge in [-0.2, -0.15) is 0 Å². The molecule has 4 heteroatoms. The monoisotopic (exact) mass is 251 g/mol. The number of anilines is 1. The standard InChI is InChI=1S/C14H22FN3/c1-14(2)6-4-8-18(10-14)13-12(15)11(9-16-3)5-7-17-13/h5,7,16H,4,6,8-10H2,1-3H3. The van der Waals surface area contributed by atoms with E-state index in [1.165, 1.54) is 6.42 Å². The van der Waals surface area contributed by atoms with Gasteiger partial charge in [0.05, 0.1) is 0 Å². The minimum absolute atomic E-state index is 0.176. The highest BCUT2D eigenvalue weighted by atomic mass is 19.1. The van der Waals surface area contributed by atoms with Crippen molar-refractivity contribution in [2.75, 3.05) is 25.0 Å². The highest BCUT2D eigenvalue weighted by molar-refractivity contribution is 5.43. The summed E-state index contributed by atoms with van der Waals surface area (Å²) in [6, 6.07) is 1.74. The molecule has 0 aliphatic carbocycles. The summed E-state index contributed by atoms with van der Waals surface area (Å²) in [5, 5.41) is 2.98. The third-order valence-corrected chi connectivity index (χ3v) is 3.52.